The van der Waals surface area contributed by atoms with Gasteiger partial charge in [0.15, 0.2) is 0 Å². The van der Waals surface area contributed by atoms with Crippen molar-refractivity contribution in [3.63, 3.8) is 0 Å². The first-order chi connectivity index (χ1) is 16.1. The number of rotatable bonds is 2. The topological polar surface area (TPSA) is 87.1 Å². The molecule has 0 saturated heterocycles. The number of aromatic nitrogens is 1. The van der Waals surface area contributed by atoms with Crippen LogP contribution >= 0.6 is 0 Å². The summed E-state index contributed by atoms with van der Waals surface area (Å²) in [5.41, 5.74) is 1.71. The highest BCUT2D eigenvalue weighted by Crippen LogP contribution is 2.40. The summed E-state index contributed by atoms with van der Waals surface area (Å²) in [6.07, 6.45) is 2.65. The minimum absolute atomic E-state index is 0.155. The summed E-state index contributed by atoms with van der Waals surface area (Å²) in [7, 11) is 1.30. The molecule has 0 bridgehead atoms. The van der Waals surface area contributed by atoms with Gasteiger partial charge < -0.3 is 14.2 Å². The molecular weight excluding hydrogens is 448 g/mol. The van der Waals surface area contributed by atoms with E-state index in [2.05, 4.69) is 0 Å². The molecule has 2 heterocycles. The normalized spacial score (nSPS) is 18.0. The van der Waals surface area contributed by atoms with Crippen LogP contribution in [0.25, 0.3) is 10.9 Å². The highest BCUT2D eigenvalue weighted by Gasteiger charge is 2.42. The standard InChI is InChI=1S/C27H36N2O6/c1-16(2)13-20-18-11-10-12-19-22(18)17(15-28(19)24(31)34-26(3,4)5)14-21(23(30)33-9)29(20)25(32)35-27(6,7)8/h10-13,15,20-21H,14H2,1-9H3/t20-,21-/m0/s1. The molecule has 0 saturated carbocycles. The van der Waals surface area contributed by atoms with Gasteiger partial charge in [0.2, 0.25) is 0 Å². The van der Waals surface area contributed by atoms with E-state index in [0.717, 1.165) is 22.1 Å². The van der Waals surface area contributed by atoms with Gasteiger partial charge in [-0.2, -0.15) is 0 Å². The molecule has 1 aromatic heterocycles. The Morgan fingerprint density at radius 1 is 0.971 bits per heavy atom. The van der Waals surface area contributed by atoms with Gasteiger partial charge in [-0.25, -0.2) is 14.4 Å². The van der Waals surface area contributed by atoms with Crippen LogP contribution in [0.5, 0.6) is 0 Å². The van der Waals surface area contributed by atoms with Crippen molar-refractivity contribution in [1.29, 1.82) is 0 Å². The lowest BCUT2D eigenvalue weighted by molar-refractivity contribution is -0.147. The number of allylic oxidation sites excluding steroid dienone is 1. The largest absolute Gasteiger partial charge is 0.467 e. The second-order valence-electron chi connectivity index (χ2n) is 11.1. The van der Waals surface area contributed by atoms with E-state index in [1.54, 1.807) is 27.0 Å². The van der Waals surface area contributed by atoms with Crippen molar-refractivity contribution in [2.45, 2.75) is 85.1 Å². The summed E-state index contributed by atoms with van der Waals surface area (Å²) < 4.78 is 17.9. The molecule has 2 atom stereocenters. The third-order valence-corrected chi connectivity index (χ3v) is 5.47. The Morgan fingerprint density at radius 3 is 2.11 bits per heavy atom. The molecule has 1 aliphatic heterocycles. The fourth-order valence-electron chi connectivity index (χ4n) is 4.29. The van der Waals surface area contributed by atoms with Crippen molar-refractivity contribution in [3.05, 3.63) is 47.2 Å². The third kappa shape index (κ3) is 5.69. The van der Waals surface area contributed by atoms with Gasteiger partial charge in [0.25, 0.3) is 0 Å². The van der Waals surface area contributed by atoms with E-state index in [0.29, 0.717) is 5.52 Å². The molecule has 190 valence electrons. The number of methoxy groups -OCH3 is 1. The fourth-order valence-corrected chi connectivity index (χ4v) is 4.29. The van der Waals surface area contributed by atoms with Crippen LogP contribution in [0.3, 0.4) is 0 Å². The number of esters is 1. The number of hydrogen-bond acceptors (Lipinski definition) is 6. The van der Waals surface area contributed by atoms with Crippen molar-refractivity contribution in [2.24, 2.45) is 0 Å². The maximum Gasteiger partial charge on any atom is 0.419 e. The van der Waals surface area contributed by atoms with E-state index >= 15 is 0 Å². The van der Waals surface area contributed by atoms with E-state index in [9.17, 15) is 14.4 Å². The van der Waals surface area contributed by atoms with Crippen LogP contribution in [-0.4, -0.2) is 52.0 Å². The zero-order valence-corrected chi connectivity index (χ0v) is 22.1. The molecule has 0 fully saturated rings. The van der Waals surface area contributed by atoms with Crippen LogP contribution in [0.15, 0.2) is 36.0 Å². The highest BCUT2D eigenvalue weighted by atomic mass is 16.6. The average Bonchev–Trinajstić information content (AvgIpc) is 3.01. The SMILES string of the molecule is COC(=O)[C@@H]1Cc2cn(C(=O)OC(C)(C)C)c3cccc(c23)[C@H](C=C(C)C)N1C(=O)OC(C)(C)C. The van der Waals surface area contributed by atoms with Crippen molar-refractivity contribution in [3.8, 4) is 0 Å². The first kappa shape index (κ1) is 26.3. The van der Waals surface area contributed by atoms with Crippen molar-refractivity contribution >= 4 is 29.1 Å². The van der Waals surface area contributed by atoms with Gasteiger partial charge in [-0.15, -0.1) is 0 Å². The average molecular weight is 485 g/mol. The minimum atomic E-state index is -0.958. The lowest BCUT2D eigenvalue weighted by Crippen LogP contribution is -2.49. The van der Waals surface area contributed by atoms with Crippen molar-refractivity contribution in [2.75, 3.05) is 7.11 Å². The number of carbonyl (C=O) groups is 3. The summed E-state index contributed by atoms with van der Waals surface area (Å²) in [5.74, 6) is -0.561. The second-order valence-corrected chi connectivity index (χ2v) is 11.1. The first-order valence-corrected chi connectivity index (χ1v) is 11.7. The van der Waals surface area contributed by atoms with Gasteiger partial charge >= 0.3 is 18.2 Å². The summed E-state index contributed by atoms with van der Waals surface area (Å²) in [6, 6.07) is 4.01. The van der Waals surface area contributed by atoms with Gasteiger partial charge in [-0.05, 0) is 72.6 Å². The Bertz CT molecular complexity index is 1170. The summed E-state index contributed by atoms with van der Waals surface area (Å²) in [5, 5.41) is 0.806. The van der Waals surface area contributed by atoms with Gasteiger partial charge in [0, 0.05) is 18.0 Å². The number of nitrogens with zero attached hydrogens (tertiary/aromatic N) is 2. The minimum Gasteiger partial charge on any atom is -0.467 e. The van der Waals surface area contributed by atoms with Crippen LogP contribution in [0, 0.1) is 0 Å². The van der Waals surface area contributed by atoms with Crippen LogP contribution in [0.4, 0.5) is 9.59 Å². The lowest BCUT2D eigenvalue weighted by atomic mass is 9.98. The van der Waals surface area contributed by atoms with Crippen molar-refractivity contribution < 1.29 is 28.6 Å². The zero-order valence-electron chi connectivity index (χ0n) is 22.1. The number of hydrogen-bond donors (Lipinski definition) is 0. The van der Waals surface area contributed by atoms with Gasteiger partial charge in [-0.1, -0.05) is 23.8 Å². The Labute approximate surface area is 206 Å². The monoisotopic (exact) mass is 484 g/mol. The molecule has 1 amide bonds. The number of carbonyl (C=O) groups excluding carboxylic acids is 3. The predicted molar refractivity (Wildman–Crippen MR) is 133 cm³/mol. The van der Waals surface area contributed by atoms with Crippen LogP contribution in [0.2, 0.25) is 0 Å². The lowest BCUT2D eigenvalue weighted by Gasteiger charge is -2.35. The molecule has 2 aromatic rings. The highest BCUT2D eigenvalue weighted by molar-refractivity contribution is 5.96. The molecular formula is C27H36N2O6. The molecule has 8 heteroatoms. The quantitative estimate of drug-likeness (QED) is 0.306. The smallest absolute Gasteiger partial charge is 0.419 e. The summed E-state index contributed by atoms with van der Waals surface area (Å²) in [6.45, 7) is 14.6. The van der Waals surface area contributed by atoms with Gasteiger partial charge in [-0.3, -0.25) is 9.47 Å². The molecule has 35 heavy (non-hydrogen) atoms. The molecule has 0 unspecified atom stereocenters. The Morgan fingerprint density at radius 2 is 1.57 bits per heavy atom. The zero-order chi connectivity index (χ0) is 26.3. The van der Waals surface area contributed by atoms with Crippen LogP contribution in [0.1, 0.15) is 72.6 Å². The Hall–Kier alpha value is -3.29. The summed E-state index contributed by atoms with van der Waals surface area (Å²) in [4.78, 5) is 41.0. The van der Waals surface area contributed by atoms with Gasteiger partial charge in [0.05, 0.1) is 18.7 Å². The third-order valence-electron chi connectivity index (χ3n) is 5.47. The number of amides is 1. The fraction of sp³-hybridized carbons (Fsp3) is 0.519. The molecule has 0 aliphatic carbocycles. The molecule has 1 aliphatic rings. The number of benzene rings is 1. The Kier molecular flexibility index (Phi) is 7.07. The first-order valence-electron chi connectivity index (χ1n) is 11.7. The van der Waals surface area contributed by atoms with E-state index in [-0.39, 0.29) is 6.42 Å². The molecule has 0 spiro atoms. The van der Waals surface area contributed by atoms with Crippen molar-refractivity contribution in [1.82, 2.24) is 9.47 Å². The Balaban J connectivity index is 2.29. The summed E-state index contributed by atoms with van der Waals surface area (Å²) >= 11 is 0. The van der Waals surface area contributed by atoms with Gasteiger partial charge in [0.1, 0.15) is 17.2 Å². The maximum atomic E-state index is 13.5. The van der Waals surface area contributed by atoms with Crippen LogP contribution in [-0.2, 0) is 25.4 Å². The second kappa shape index (κ2) is 9.40. The van der Waals surface area contributed by atoms with Crippen LogP contribution < -0.4 is 0 Å². The molecule has 8 nitrogen and oxygen atoms in total. The van der Waals surface area contributed by atoms with E-state index < -0.39 is 41.4 Å². The molecule has 0 N–H and O–H groups in total. The molecule has 3 rings (SSSR count). The molecule has 1 aromatic carbocycles. The molecule has 0 radical (unpaired) electrons. The number of ether oxygens (including phenoxy) is 3. The van der Waals surface area contributed by atoms with E-state index in [4.69, 9.17) is 14.2 Å². The van der Waals surface area contributed by atoms with E-state index in [1.807, 2.05) is 58.9 Å². The predicted octanol–water partition coefficient (Wildman–Crippen LogP) is 5.77. The maximum absolute atomic E-state index is 13.5. The van der Waals surface area contributed by atoms with E-state index in [1.165, 1.54) is 16.6 Å².